The molecule has 3 N–H and O–H groups in total. The van der Waals surface area contributed by atoms with Crippen molar-refractivity contribution in [3.8, 4) is 5.75 Å². The molecule has 0 aromatic heterocycles. The maximum Gasteiger partial charge on any atom is 0.255 e. The lowest BCUT2D eigenvalue weighted by Crippen LogP contribution is -2.45. The molecule has 1 atom stereocenters. The number of anilines is 1. The van der Waals surface area contributed by atoms with Crippen molar-refractivity contribution in [3.63, 3.8) is 0 Å². The molecule has 0 radical (unpaired) electrons. The predicted molar refractivity (Wildman–Crippen MR) is 107 cm³/mol. The van der Waals surface area contributed by atoms with E-state index < -0.39 is 0 Å². The zero-order valence-electron chi connectivity index (χ0n) is 14.9. The number of allylic oxidation sites excluding steroid dienone is 1. The van der Waals surface area contributed by atoms with Gasteiger partial charge in [0.15, 0.2) is 5.11 Å². The molecule has 0 saturated heterocycles. The van der Waals surface area contributed by atoms with Crippen LogP contribution in [-0.2, 0) is 4.79 Å². The van der Waals surface area contributed by atoms with E-state index in [0.717, 1.165) is 28.3 Å². The lowest BCUT2D eigenvalue weighted by molar-refractivity contribution is -0.113. The summed E-state index contributed by atoms with van der Waals surface area (Å²) in [5.41, 5.74) is 4.07. The van der Waals surface area contributed by atoms with Crippen LogP contribution in [0.3, 0.4) is 0 Å². The number of hydrogen-bond donors (Lipinski definition) is 3. The molecule has 1 unspecified atom stereocenters. The van der Waals surface area contributed by atoms with Gasteiger partial charge >= 0.3 is 0 Å². The van der Waals surface area contributed by atoms with Crippen LogP contribution in [0.2, 0.25) is 0 Å². The number of hydrogen-bond acceptors (Lipinski definition) is 3. The van der Waals surface area contributed by atoms with Crippen LogP contribution in [-0.4, -0.2) is 18.1 Å². The Balaban J connectivity index is 1.94. The summed E-state index contributed by atoms with van der Waals surface area (Å²) in [6, 6.07) is 15.0. The first kappa shape index (κ1) is 17.9. The average molecular weight is 367 g/mol. The number of thiocarbonyl (C=S) groups is 1. The third-order valence-electron chi connectivity index (χ3n) is 4.36. The van der Waals surface area contributed by atoms with E-state index in [-0.39, 0.29) is 11.9 Å². The standard InChI is InChI=1S/C20H21N3O2S/c1-12-6-4-5-7-16(12)22-19(24)17-13(2)21-20(26)23-18(17)14-8-10-15(25-3)11-9-14/h4-11,18H,1-3H3,(H,22,24)(H2,21,23,26). The number of carbonyl (C=O) groups is 1. The zero-order valence-corrected chi connectivity index (χ0v) is 15.7. The zero-order chi connectivity index (χ0) is 18.7. The summed E-state index contributed by atoms with van der Waals surface area (Å²) in [5.74, 6) is 0.594. The van der Waals surface area contributed by atoms with Gasteiger partial charge in [0.1, 0.15) is 5.75 Å². The van der Waals surface area contributed by atoms with E-state index in [0.29, 0.717) is 10.7 Å². The van der Waals surface area contributed by atoms with Crippen LogP contribution in [0.4, 0.5) is 5.69 Å². The number of para-hydroxylation sites is 1. The van der Waals surface area contributed by atoms with Gasteiger partial charge in [0.2, 0.25) is 0 Å². The molecule has 0 aliphatic carbocycles. The second kappa shape index (κ2) is 7.58. The highest BCUT2D eigenvalue weighted by molar-refractivity contribution is 7.80. The van der Waals surface area contributed by atoms with E-state index >= 15 is 0 Å². The average Bonchev–Trinajstić information content (AvgIpc) is 2.63. The lowest BCUT2D eigenvalue weighted by atomic mass is 9.94. The third kappa shape index (κ3) is 3.70. The predicted octanol–water partition coefficient (Wildman–Crippen LogP) is 3.44. The van der Waals surface area contributed by atoms with Crippen LogP contribution in [0.5, 0.6) is 5.75 Å². The molecule has 1 aliphatic heterocycles. The fourth-order valence-electron chi connectivity index (χ4n) is 2.94. The fraction of sp³-hybridized carbons (Fsp3) is 0.200. The van der Waals surface area contributed by atoms with Gasteiger partial charge in [0.05, 0.1) is 18.7 Å². The Hall–Kier alpha value is -2.86. The Labute approximate surface area is 158 Å². The number of carbonyl (C=O) groups excluding carboxylic acids is 1. The van der Waals surface area contributed by atoms with Crippen molar-refractivity contribution in [3.05, 3.63) is 70.9 Å². The van der Waals surface area contributed by atoms with Crippen LogP contribution in [0.15, 0.2) is 59.8 Å². The summed E-state index contributed by atoms with van der Waals surface area (Å²) in [4.78, 5) is 13.0. The van der Waals surface area contributed by atoms with Gasteiger partial charge in [0.25, 0.3) is 5.91 Å². The van der Waals surface area contributed by atoms with Crippen LogP contribution in [0.1, 0.15) is 24.1 Å². The summed E-state index contributed by atoms with van der Waals surface area (Å²) in [6.07, 6.45) is 0. The summed E-state index contributed by atoms with van der Waals surface area (Å²) in [6.45, 7) is 3.82. The number of ether oxygens (including phenoxy) is 1. The molecule has 0 fully saturated rings. The van der Waals surface area contributed by atoms with Gasteiger partial charge in [0, 0.05) is 11.4 Å². The topological polar surface area (TPSA) is 62.4 Å². The SMILES string of the molecule is COc1ccc(C2NC(=S)NC(C)=C2C(=O)Nc2ccccc2C)cc1. The molecule has 1 aliphatic rings. The van der Waals surface area contributed by atoms with Gasteiger partial charge in [-0.2, -0.15) is 0 Å². The van der Waals surface area contributed by atoms with Crippen LogP contribution in [0, 0.1) is 6.92 Å². The smallest absolute Gasteiger partial charge is 0.255 e. The minimum Gasteiger partial charge on any atom is -0.497 e. The Bertz CT molecular complexity index is 875. The van der Waals surface area contributed by atoms with Crippen molar-refractivity contribution in [2.24, 2.45) is 0 Å². The molecule has 6 heteroatoms. The van der Waals surface area contributed by atoms with E-state index in [4.69, 9.17) is 17.0 Å². The molecule has 26 heavy (non-hydrogen) atoms. The summed E-state index contributed by atoms with van der Waals surface area (Å²) >= 11 is 5.29. The minimum atomic E-state index is -0.335. The molecule has 3 rings (SSSR count). The van der Waals surface area contributed by atoms with Gasteiger partial charge < -0.3 is 20.7 Å². The van der Waals surface area contributed by atoms with Crippen LogP contribution in [0.25, 0.3) is 0 Å². The molecule has 5 nitrogen and oxygen atoms in total. The Morgan fingerprint density at radius 1 is 1.12 bits per heavy atom. The molecule has 2 aromatic carbocycles. The number of rotatable bonds is 4. The second-order valence-corrected chi connectivity index (χ2v) is 6.52. The molecule has 0 spiro atoms. The molecule has 134 valence electrons. The van der Waals surface area contributed by atoms with E-state index in [1.165, 1.54) is 0 Å². The quantitative estimate of drug-likeness (QED) is 0.723. The van der Waals surface area contributed by atoms with Gasteiger partial charge in [-0.1, -0.05) is 30.3 Å². The number of aryl methyl sites for hydroxylation is 1. The van der Waals surface area contributed by atoms with E-state index in [1.807, 2.05) is 62.4 Å². The number of amides is 1. The largest absolute Gasteiger partial charge is 0.497 e. The molecule has 0 saturated carbocycles. The first-order chi connectivity index (χ1) is 12.5. The lowest BCUT2D eigenvalue weighted by Gasteiger charge is -2.30. The maximum atomic E-state index is 13.0. The van der Waals surface area contributed by atoms with Crippen LogP contribution >= 0.6 is 12.2 Å². The van der Waals surface area contributed by atoms with Crippen molar-refractivity contribution in [2.45, 2.75) is 19.9 Å². The summed E-state index contributed by atoms with van der Waals surface area (Å²) in [5, 5.41) is 9.74. The summed E-state index contributed by atoms with van der Waals surface area (Å²) in [7, 11) is 1.62. The van der Waals surface area contributed by atoms with Crippen molar-refractivity contribution >= 4 is 28.9 Å². The summed E-state index contributed by atoms with van der Waals surface area (Å²) < 4.78 is 5.22. The first-order valence-corrected chi connectivity index (χ1v) is 8.69. The van der Waals surface area contributed by atoms with Crippen molar-refractivity contribution in [2.75, 3.05) is 12.4 Å². The minimum absolute atomic E-state index is 0.167. The first-order valence-electron chi connectivity index (χ1n) is 8.29. The Kier molecular flexibility index (Phi) is 5.23. The van der Waals surface area contributed by atoms with Crippen molar-refractivity contribution in [1.29, 1.82) is 0 Å². The highest BCUT2D eigenvalue weighted by atomic mass is 32.1. The van der Waals surface area contributed by atoms with E-state index in [1.54, 1.807) is 7.11 Å². The van der Waals surface area contributed by atoms with E-state index in [2.05, 4.69) is 16.0 Å². The Morgan fingerprint density at radius 3 is 2.46 bits per heavy atom. The molecular weight excluding hydrogens is 346 g/mol. The van der Waals surface area contributed by atoms with Gasteiger partial charge in [-0.15, -0.1) is 0 Å². The molecule has 1 heterocycles. The maximum absolute atomic E-state index is 13.0. The highest BCUT2D eigenvalue weighted by Crippen LogP contribution is 2.29. The number of methoxy groups -OCH3 is 1. The van der Waals surface area contributed by atoms with E-state index in [9.17, 15) is 4.79 Å². The second-order valence-electron chi connectivity index (χ2n) is 6.11. The van der Waals surface area contributed by atoms with Gasteiger partial charge in [-0.05, 0) is 55.4 Å². The molecular formula is C20H21N3O2S. The van der Waals surface area contributed by atoms with Gasteiger partial charge in [-0.3, -0.25) is 4.79 Å². The Morgan fingerprint density at radius 2 is 1.81 bits per heavy atom. The van der Waals surface area contributed by atoms with Gasteiger partial charge in [-0.25, -0.2) is 0 Å². The number of nitrogens with one attached hydrogen (secondary N) is 3. The molecule has 1 amide bonds. The van der Waals surface area contributed by atoms with Crippen molar-refractivity contribution < 1.29 is 9.53 Å². The number of benzene rings is 2. The molecule has 2 aromatic rings. The van der Waals surface area contributed by atoms with Crippen LogP contribution < -0.4 is 20.7 Å². The monoisotopic (exact) mass is 367 g/mol. The fourth-order valence-corrected chi connectivity index (χ4v) is 3.21. The third-order valence-corrected chi connectivity index (χ3v) is 4.58. The molecule has 0 bridgehead atoms. The highest BCUT2D eigenvalue weighted by Gasteiger charge is 2.30. The normalized spacial score (nSPS) is 16.6. The van der Waals surface area contributed by atoms with Crippen molar-refractivity contribution in [1.82, 2.24) is 10.6 Å².